The van der Waals surface area contributed by atoms with Crippen molar-refractivity contribution in [3.05, 3.63) is 45.4 Å². The molecule has 0 saturated heterocycles. The summed E-state index contributed by atoms with van der Waals surface area (Å²) >= 11 is 4.99. The Morgan fingerprint density at radius 3 is 2.72 bits per heavy atom. The van der Waals surface area contributed by atoms with Gasteiger partial charge in [0.2, 0.25) is 0 Å². The van der Waals surface area contributed by atoms with Crippen LogP contribution in [0.4, 0.5) is 8.78 Å². The lowest BCUT2D eigenvalue weighted by Crippen LogP contribution is -1.91. The summed E-state index contributed by atoms with van der Waals surface area (Å²) in [6.45, 7) is 2.05. The number of benzene rings is 1. The Hall–Kier alpha value is -0.880. The Kier molecular flexibility index (Phi) is 4.40. The Bertz CT molecular complexity index is 545. The van der Waals surface area contributed by atoms with Gasteiger partial charge in [-0.15, -0.1) is 10.2 Å². The summed E-state index contributed by atoms with van der Waals surface area (Å²) in [5, 5.41) is 9.84. The molecule has 1 heterocycles. The molecule has 2 rings (SSSR count). The van der Waals surface area contributed by atoms with E-state index in [1.165, 1.54) is 17.4 Å². The van der Waals surface area contributed by atoms with Crippen molar-refractivity contribution in [1.82, 2.24) is 10.2 Å². The van der Waals surface area contributed by atoms with Crippen molar-refractivity contribution in [2.24, 2.45) is 0 Å². The van der Waals surface area contributed by atoms with Gasteiger partial charge in [-0.2, -0.15) is 0 Å². The topological polar surface area (TPSA) is 25.8 Å². The van der Waals surface area contributed by atoms with Gasteiger partial charge in [-0.3, -0.25) is 0 Å². The van der Waals surface area contributed by atoms with Crippen LogP contribution in [-0.2, 0) is 6.42 Å². The van der Waals surface area contributed by atoms with Crippen LogP contribution < -0.4 is 0 Å². The van der Waals surface area contributed by atoms with Crippen molar-refractivity contribution in [2.45, 2.75) is 24.6 Å². The van der Waals surface area contributed by atoms with E-state index in [1.807, 2.05) is 0 Å². The third-order valence-electron chi connectivity index (χ3n) is 2.45. The summed E-state index contributed by atoms with van der Waals surface area (Å²) in [7, 11) is 0. The summed E-state index contributed by atoms with van der Waals surface area (Å²) in [5.41, 5.74) is 0.694. The van der Waals surface area contributed by atoms with E-state index in [0.29, 0.717) is 12.0 Å². The lowest BCUT2D eigenvalue weighted by Gasteiger charge is -1.99. The molecule has 0 spiro atoms. The van der Waals surface area contributed by atoms with Crippen LogP contribution in [0.25, 0.3) is 0 Å². The molecule has 0 radical (unpaired) electrons. The van der Waals surface area contributed by atoms with E-state index >= 15 is 0 Å². The fraction of sp³-hybridized carbons (Fsp3) is 0.333. The molecule has 0 fully saturated rings. The molecule has 0 N–H and O–H groups in total. The molecular weight excluding hydrogens is 322 g/mol. The number of rotatable bonds is 4. The molecule has 1 aromatic heterocycles. The highest BCUT2D eigenvalue weighted by Gasteiger charge is 2.12. The summed E-state index contributed by atoms with van der Waals surface area (Å²) in [5.74, 6) is -1.66. The van der Waals surface area contributed by atoms with Crippen molar-refractivity contribution in [3.8, 4) is 0 Å². The molecule has 18 heavy (non-hydrogen) atoms. The molecule has 0 saturated carbocycles. The number of nitrogens with zero attached hydrogens (tertiary/aromatic N) is 2. The first-order chi connectivity index (χ1) is 8.60. The lowest BCUT2D eigenvalue weighted by atomic mass is 10.1. The number of aromatic nitrogens is 2. The van der Waals surface area contributed by atoms with E-state index in [0.717, 1.165) is 22.5 Å². The van der Waals surface area contributed by atoms with Crippen LogP contribution in [0.5, 0.6) is 0 Å². The van der Waals surface area contributed by atoms with E-state index in [4.69, 9.17) is 0 Å². The fourth-order valence-corrected chi connectivity index (χ4v) is 2.77. The van der Waals surface area contributed by atoms with Crippen LogP contribution in [0, 0.1) is 11.6 Å². The minimum Gasteiger partial charge on any atom is -0.204 e. The molecular formula is C12H11BrF2N2S. The SMILES string of the molecule is CCC(Br)c1nnc(Cc2ccc(F)c(F)c2)s1. The lowest BCUT2D eigenvalue weighted by molar-refractivity contribution is 0.507. The van der Waals surface area contributed by atoms with Crippen LogP contribution in [0.15, 0.2) is 18.2 Å². The zero-order chi connectivity index (χ0) is 13.1. The van der Waals surface area contributed by atoms with Gasteiger partial charge in [-0.25, -0.2) is 8.78 Å². The monoisotopic (exact) mass is 332 g/mol. The smallest absolute Gasteiger partial charge is 0.159 e. The molecule has 0 bridgehead atoms. The van der Waals surface area contributed by atoms with Gasteiger partial charge in [0, 0.05) is 6.42 Å². The van der Waals surface area contributed by atoms with Crippen molar-refractivity contribution >= 4 is 27.3 Å². The average Bonchev–Trinajstić information content (AvgIpc) is 2.81. The third-order valence-corrected chi connectivity index (χ3v) is 4.87. The van der Waals surface area contributed by atoms with Crippen LogP contribution in [0.3, 0.4) is 0 Å². The van der Waals surface area contributed by atoms with Gasteiger partial charge in [0.15, 0.2) is 11.6 Å². The summed E-state index contributed by atoms with van der Waals surface area (Å²) in [6, 6.07) is 3.89. The Morgan fingerprint density at radius 2 is 2.06 bits per heavy atom. The van der Waals surface area contributed by atoms with E-state index in [-0.39, 0.29) is 4.83 Å². The van der Waals surface area contributed by atoms with Gasteiger partial charge in [-0.1, -0.05) is 40.3 Å². The van der Waals surface area contributed by atoms with Crippen LogP contribution in [0.1, 0.15) is 33.8 Å². The van der Waals surface area contributed by atoms with Gasteiger partial charge < -0.3 is 0 Å². The molecule has 1 aromatic carbocycles. The van der Waals surface area contributed by atoms with E-state index in [9.17, 15) is 8.78 Å². The van der Waals surface area contributed by atoms with Crippen LogP contribution in [-0.4, -0.2) is 10.2 Å². The molecule has 6 heteroatoms. The summed E-state index contributed by atoms with van der Waals surface area (Å²) < 4.78 is 25.8. The van der Waals surface area contributed by atoms with Gasteiger partial charge >= 0.3 is 0 Å². The van der Waals surface area contributed by atoms with Crippen molar-refractivity contribution < 1.29 is 8.78 Å². The van der Waals surface area contributed by atoms with E-state index < -0.39 is 11.6 Å². The molecule has 96 valence electrons. The highest BCUT2D eigenvalue weighted by molar-refractivity contribution is 9.09. The first kappa shape index (κ1) is 13.5. The molecule has 0 aliphatic rings. The van der Waals surface area contributed by atoms with E-state index in [1.54, 1.807) is 6.07 Å². The van der Waals surface area contributed by atoms with Gasteiger partial charge in [0.25, 0.3) is 0 Å². The highest BCUT2D eigenvalue weighted by Crippen LogP contribution is 2.29. The number of halogens is 3. The average molecular weight is 333 g/mol. The number of hydrogen-bond acceptors (Lipinski definition) is 3. The standard InChI is InChI=1S/C12H11BrF2N2S/c1-2-8(13)12-17-16-11(18-12)6-7-3-4-9(14)10(15)5-7/h3-5,8H,2,6H2,1H3. The zero-order valence-electron chi connectivity index (χ0n) is 9.66. The van der Waals surface area contributed by atoms with Crippen LogP contribution >= 0.6 is 27.3 Å². The summed E-state index contributed by atoms with van der Waals surface area (Å²) in [6.07, 6.45) is 1.40. The van der Waals surface area contributed by atoms with Crippen molar-refractivity contribution in [2.75, 3.05) is 0 Å². The van der Waals surface area contributed by atoms with Gasteiger partial charge in [0.05, 0.1) is 4.83 Å². The quantitative estimate of drug-likeness (QED) is 0.782. The first-order valence-corrected chi connectivity index (χ1v) is 7.23. The number of hydrogen-bond donors (Lipinski definition) is 0. The van der Waals surface area contributed by atoms with Crippen molar-refractivity contribution in [1.29, 1.82) is 0 Å². The number of alkyl halides is 1. The summed E-state index contributed by atoms with van der Waals surface area (Å²) in [4.78, 5) is 0.203. The molecule has 2 aromatic rings. The van der Waals surface area contributed by atoms with Gasteiger partial charge in [-0.05, 0) is 24.1 Å². The fourth-order valence-electron chi connectivity index (χ4n) is 1.46. The van der Waals surface area contributed by atoms with E-state index in [2.05, 4.69) is 33.1 Å². The Morgan fingerprint density at radius 1 is 1.28 bits per heavy atom. The molecule has 0 aliphatic heterocycles. The predicted octanol–water partition coefficient (Wildman–Crippen LogP) is 4.25. The predicted molar refractivity (Wildman–Crippen MR) is 71.0 cm³/mol. The molecule has 1 atom stereocenters. The third kappa shape index (κ3) is 3.11. The maximum Gasteiger partial charge on any atom is 0.159 e. The molecule has 0 aliphatic carbocycles. The van der Waals surface area contributed by atoms with Gasteiger partial charge in [0.1, 0.15) is 10.0 Å². The van der Waals surface area contributed by atoms with Crippen molar-refractivity contribution in [3.63, 3.8) is 0 Å². The second kappa shape index (κ2) is 5.84. The minimum atomic E-state index is -0.830. The highest BCUT2D eigenvalue weighted by atomic mass is 79.9. The Balaban J connectivity index is 2.13. The second-order valence-corrected chi connectivity index (χ2v) is 6.03. The zero-order valence-corrected chi connectivity index (χ0v) is 12.1. The van der Waals surface area contributed by atoms with Crippen LogP contribution in [0.2, 0.25) is 0 Å². The maximum atomic E-state index is 13.1. The molecule has 0 amide bonds. The normalized spacial score (nSPS) is 12.7. The largest absolute Gasteiger partial charge is 0.204 e. The maximum absolute atomic E-state index is 13.1. The molecule has 2 nitrogen and oxygen atoms in total. The Labute approximate surface area is 116 Å². The minimum absolute atomic E-state index is 0.203. The second-order valence-electron chi connectivity index (χ2n) is 3.84. The molecule has 1 unspecified atom stereocenters. The first-order valence-electron chi connectivity index (χ1n) is 5.50.